The lowest BCUT2D eigenvalue weighted by Gasteiger charge is -2.11. The van der Waals surface area contributed by atoms with Crippen molar-refractivity contribution in [1.29, 1.82) is 0 Å². The molecule has 1 aromatic rings. The van der Waals surface area contributed by atoms with Gasteiger partial charge in [-0.1, -0.05) is 11.6 Å². The summed E-state index contributed by atoms with van der Waals surface area (Å²) in [5.41, 5.74) is 1.33. The van der Waals surface area contributed by atoms with E-state index in [0.717, 1.165) is 25.1 Å². The topological polar surface area (TPSA) is 54.0 Å². The minimum absolute atomic E-state index is 0.153. The van der Waals surface area contributed by atoms with Crippen LogP contribution in [-0.4, -0.2) is 30.0 Å². The van der Waals surface area contributed by atoms with Gasteiger partial charge in [0.05, 0.1) is 0 Å². The SMILES string of the molecule is Cc1cc(Cl)nc(C(=O)NC2CCNC2)c1. The van der Waals surface area contributed by atoms with Crippen molar-refractivity contribution in [3.8, 4) is 0 Å². The molecule has 0 aliphatic carbocycles. The molecule has 0 bridgehead atoms. The van der Waals surface area contributed by atoms with Gasteiger partial charge < -0.3 is 10.6 Å². The Morgan fingerprint density at radius 1 is 1.62 bits per heavy atom. The molecule has 1 unspecified atom stereocenters. The summed E-state index contributed by atoms with van der Waals surface area (Å²) in [5, 5.41) is 6.47. The van der Waals surface area contributed by atoms with Crippen molar-refractivity contribution >= 4 is 17.5 Å². The maximum Gasteiger partial charge on any atom is 0.270 e. The van der Waals surface area contributed by atoms with Crippen LogP contribution in [0.4, 0.5) is 0 Å². The molecule has 0 saturated carbocycles. The summed E-state index contributed by atoms with van der Waals surface area (Å²) in [6.07, 6.45) is 0.964. The van der Waals surface area contributed by atoms with E-state index in [0.29, 0.717) is 10.8 Å². The van der Waals surface area contributed by atoms with Crippen LogP contribution in [-0.2, 0) is 0 Å². The van der Waals surface area contributed by atoms with Gasteiger partial charge in [0.1, 0.15) is 10.8 Å². The van der Waals surface area contributed by atoms with E-state index in [9.17, 15) is 4.79 Å². The summed E-state index contributed by atoms with van der Waals surface area (Å²) in [5.74, 6) is -0.153. The molecule has 1 fully saturated rings. The van der Waals surface area contributed by atoms with E-state index in [4.69, 9.17) is 11.6 Å². The second-order valence-electron chi connectivity index (χ2n) is 4.02. The van der Waals surface area contributed by atoms with Crippen LogP contribution in [0.1, 0.15) is 22.5 Å². The van der Waals surface area contributed by atoms with Crippen LogP contribution in [0.2, 0.25) is 5.15 Å². The summed E-state index contributed by atoms with van der Waals surface area (Å²) < 4.78 is 0. The lowest BCUT2D eigenvalue weighted by atomic mass is 10.2. The largest absolute Gasteiger partial charge is 0.347 e. The molecule has 1 amide bonds. The normalized spacial score (nSPS) is 19.8. The molecular weight excluding hydrogens is 226 g/mol. The Hall–Kier alpha value is -1.13. The van der Waals surface area contributed by atoms with Gasteiger partial charge in [-0.15, -0.1) is 0 Å². The van der Waals surface area contributed by atoms with Gasteiger partial charge in [0.15, 0.2) is 0 Å². The van der Waals surface area contributed by atoms with Gasteiger partial charge in [-0.3, -0.25) is 4.79 Å². The van der Waals surface area contributed by atoms with E-state index in [1.165, 1.54) is 0 Å². The Kier molecular flexibility index (Phi) is 3.41. The number of amides is 1. The quantitative estimate of drug-likeness (QED) is 0.761. The van der Waals surface area contributed by atoms with E-state index < -0.39 is 0 Å². The van der Waals surface area contributed by atoms with Crippen LogP contribution in [0, 0.1) is 6.92 Å². The van der Waals surface area contributed by atoms with Gasteiger partial charge in [0.2, 0.25) is 0 Å². The number of carbonyl (C=O) groups excluding carboxylic acids is 1. The van der Waals surface area contributed by atoms with Crippen LogP contribution in [0.25, 0.3) is 0 Å². The average Bonchev–Trinajstić information content (AvgIpc) is 2.68. The molecule has 2 rings (SSSR count). The third-order valence-corrected chi connectivity index (χ3v) is 2.76. The molecule has 2 N–H and O–H groups in total. The van der Waals surface area contributed by atoms with E-state index in [2.05, 4.69) is 15.6 Å². The number of carbonyl (C=O) groups is 1. The van der Waals surface area contributed by atoms with E-state index in [1.807, 2.05) is 6.92 Å². The monoisotopic (exact) mass is 239 g/mol. The minimum atomic E-state index is -0.153. The number of aryl methyl sites for hydroxylation is 1. The fourth-order valence-corrected chi connectivity index (χ4v) is 2.04. The van der Waals surface area contributed by atoms with Gasteiger partial charge in [0, 0.05) is 12.6 Å². The number of nitrogens with one attached hydrogen (secondary N) is 2. The Labute approximate surface area is 99.4 Å². The molecule has 5 heteroatoms. The standard InChI is InChI=1S/C11H14ClN3O/c1-7-4-9(15-10(12)5-7)11(16)14-8-2-3-13-6-8/h4-5,8,13H,2-3,6H2,1H3,(H,14,16). The first-order chi connectivity index (χ1) is 7.65. The molecule has 0 spiro atoms. The zero-order valence-corrected chi connectivity index (χ0v) is 9.84. The number of hydrogen-bond acceptors (Lipinski definition) is 3. The fourth-order valence-electron chi connectivity index (χ4n) is 1.78. The Balaban J connectivity index is 2.07. The zero-order valence-electron chi connectivity index (χ0n) is 9.09. The minimum Gasteiger partial charge on any atom is -0.347 e. The van der Waals surface area contributed by atoms with Crippen molar-refractivity contribution in [2.24, 2.45) is 0 Å². The van der Waals surface area contributed by atoms with Crippen molar-refractivity contribution in [3.63, 3.8) is 0 Å². The van der Waals surface area contributed by atoms with Crippen LogP contribution >= 0.6 is 11.6 Å². The predicted octanol–water partition coefficient (Wildman–Crippen LogP) is 1.14. The van der Waals surface area contributed by atoms with Crippen LogP contribution in [0.3, 0.4) is 0 Å². The van der Waals surface area contributed by atoms with Crippen LogP contribution in [0.15, 0.2) is 12.1 Å². The first kappa shape index (κ1) is 11.4. The van der Waals surface area contributed by atoms with Crippen LogP contribution < -0.4 is 10.6 Å². The first-order valence-electron chi connectivity index (χ1n) is 5.31. The van der Waals surface area contributed by atoms with Crippen molar-refractivity contribution in [2.45, 2.75) is 19.4 Å². The molecular formula is C11H14ClN3O. The lowest BCUT2D eigenvalue weighted by Crippen LogP contribution is -2.36. The maximum absolute atomic E-state index is 11.8. The van der Waals surface area contributed by atoms with Crippen LogP contribution in [0.5, 0.6) is 0 Å². The van der Waals surface area contributed by atoms with Gasteiger partial charge >= 0.3 is 0 Å². The zero-order chi connectivity index (χ0) is 11.5. The van der Waals surface area contributed by atoms with E-state index >= 15 is 0 Å². The summed E-state index contributed by atoms with van der Waals surface area (Å²) in [6.45, 7) is 3.67. The summed E-state index contributed by atoms with van der Waals surface area (Å²) in [4.78, 5) is 15.9. The molecule has 86 valence electrons. The highest BCUT2D eigenvalue weighted by atomic mass is 35.5. The Bertz CT molecular complexity index is 382. The maximum atomic E-state index is 11.8. The highest BCUT2D eigenvalue weighted by Crippen LogP contribution is 2.10. The van der Waals surface area contributed by atoms with Gasteiger partial charge in [-0.25, -0.2) is 4.98 Å². The number of halogens is 1. The molecule has 1 aliphatic rings. The number of nitrogens with zero attached hydrogens (tertiary/aromatic N) is 1. The Morgan fingerprint density at radius 2 is 2.44 bits per heavy atom. The lowest BCUT2D eigenvalue weighted by molar-refractivity contribution is 0.0935. The molecule has 1 aromatic heterocycles. The second kappa shape index (κ2) is 4.80. The predicted molar refractivity (Wildman–Crippen MR) is 62.7 cm³/mol. The van der Waals surface area contributed by atoms with Crippen molar-refractivity contribution in [2.75, 3.05) is 13.1 Å². The molecule has 1 saturated heterocycles. The number of aromatic nitrogens is 1. The number of pyridine rings is 1. The van der Waals surface area contributed by atoms with Crippen molar-refractivity contribution < 1.29 is 4.79 Å². The first-order valence-corrected chi connectivity index (χ1v) is 5.69. The van der Waals surface area contributed by atoms with Gasteiger partial charge in [-0.05, 0) is 37.6 Å². The highest BCUT2D eigenvalue weighted by molar-refractivity contribution is 6.29. The smallest absolute Gasteiger partial charge is 0.270 e. The molecule has 2 heterocycles. The number of rotatable bonds is 2. The highest BCUT2D eigenvalue weighted by Gasteiger charge is 2.18. The second-order valence-corrected chi connectivity index (χ2v) is 4.40. The molecule has 0 aromatic carbocycles. The average molecular weight is 240 g/mol. The van der Waals surface area contributed by atoms with Crippen molar-refractivity contribution in [1.82, 2.24) is 15.6 Å². The summed E-state index contributed by atoms with van der Waals surface area (Å²) >= 11 is 5.81. The molecule has 1 aliphatic heterocycles. The molecule has 1 atom stereocenters. The summed E-state index contributed by atoms with van der Waals surface area (Å²) in [6, 6.07) is 3.67. The molecule has 16 heavy (non-hydrogen) atoms. The number of hydrogen-bond donors (Lipinski definition) is 2. The van der Waals surface area contributed by atoms with Gasteiger partial charge in [-0.2, -0.15) is 0 Å². The van der Waals surface area contributed by atoms with Crippen molar-refractivity contribution in [3.05, 3.63) is 28.5 Å². The molecule has 4 nitrogen and oxygen atoms in total. The van der Waals surface area contributed by atoms with E-state index in [-0.39, 0.29) is 11.9 Å². The van der Waals surface area contributed by atoms with Gasteiger partial charge in [0.25, 0.3) is 5.91 Å². The fraction of sp³-hybridized carbons (Fsp3) is 0.455. The third-order valence-electron chi connectivity index (χ3n) is 2.57. The third kappa shape index (κ3) is 2.71. The Morgan fingerprint density at radius 3 is 3.06 bits per heavy atom. The van der Waals surface area contributed by atoms with E-state index in [1.54, 1.807) is 12.1 Å². The summed E-state index contributed by atoms with van der Waals surface area (Å²) in [7, 11) is 0. The molecule has 0 radical (unpaired) electrons.